The maximum absolute atomic E-state index is 12.9. The highest BCUT2D eigenvalue weighted by atomic mass is 32.2. The number of nitro benzene ring substituents is 1. The second-order valence-corrected chi connectivity index (χ2v) is 8.10. The van der Waals surface area contributed by atoms with Crippen LogP contribution in [-0.2, 0) is 37.5 Å². The SMILES string of the molecule is CC(=O)OC(c1cn(C)nn1)[C@H]1C(=O)N2C(C(=O)OCc3ccc([N+](=O)[O-])cc3)=CS[C@H]12. The Morgan fingerprint density at radius 3 is 2.62 bits per heavy atom. The van der Waals surface area contributed by atoms with Gasteiger partial charge in [-0.05, 0) is 17.7 Å². The maximum atomic E-state index is 12.9. The van der Waals surface area contributed by atoms with Crippen LogP contribution in [0.2, 0.25) is 0 Å². The van der Waals surface area contributed by atoms with Crippen LogP contribution in [-0.4, -0.2) is 48.0 Å². The van der Waals surface area contributed by atoms with Crippen molar-refractivity contribution >= 4 is 35.3 Å². The number of carbonyl (C=O) groups excluding carboxylic acids is 3. The molecule has 0 saturated carbocycles. The molecule has 2 aliphatic heterocycles. The fourth-order valence-electron chi connectivity index (χ4n) is 3.43. The third-order valence-electron chi connectivity index (χ3n) is 4.92. The Morgan fingerprint density at radius 2 is 2.03 bits per heavy atom. The third kappa shape index (κ3) is 3.93. The lowest BCUT2D eigenvalue weighted by atomic mass is 9.89. The highest BCUT2D eigenvalue weighted by molar-refractivity contribution is 8.03. The van der Waals surface area contributed by atoms with Gasteiger partial charge < -0.3 is 9.47 Å². The van der Waals surface area contributed by atoms with Crippen LogP contribution in [0.5, 0.6) is 0 Å². The largest absolute Gasteiger partial charge is 0.456 e. The molecule has 1 aromatic carbocycles. The molecule has 1 unspecified atom stereocenters. The molecule has 2 aliphatic rings. The van der Waals surface area contributed by atoms with Crippen LogP contribution in [0.1, 0.15) is 24.3 Å². The highest BCUT2D eigenvalue weighted by Gasteiger charge is 2.58. The van der Waals surface area contributed by atoms with Gasteiger partial charge in [-0.2, -0.15) is 0 Å². The van der Waals surface area contributed by atoms with Crippen molar-refractivity contribution < 1.29 is 28.8 Å². The summed E-state index contributed by atoms with van der Waals surface area (Å²) in [4.78, 5) is 48.5. The zero-order chi connectivity index (χ0) is 23.0. The molecule has 12 nitrogen and oxygen atoms in total. The molecule has 3 heterocycles. The lowest BCUT2D eigenvalue weighted by Gasteiger charge is -2.44. The average Bonchev–Trinajstić information content (AvgIpc) is 3.35. The number of hydrogen-bond donors (Lipinski definition) is 0. The van der Waals surface area contributed by atoms with Crippen molar-refractivity contribution in [3.8, 4) is 0 Å². The molecule has 0 aliphatic carbocycles. The van der Waals surface area contributed by atoms with Crippen LogP contribution in [0.25, 0.3) is 0 Å². The van der Waals surface area contributed by atoms with E-state index in [0.29, 0.717) is 11.3 Å². The number of nitro groups is 1. The van der Waals surface area contributed by atoms with Gasteiger partial charge in [0.2, 0.25) is 5.91 Å². The minimum atomic E-state index is -0.925. The van der Waals surface area contributed by atoms with Gasteiger partial charge in [0.1, 0.15) is 29.3 Å². The third-order valence-corrected chi connectivity index (χ3v) is 6.06. The van der Waals surface area contributed by atoms with Crippen molar-refractivity contribution in [2.24, 2.45) is 13.0 Å². The number of ether oxygens (including phenoxy) is 2. The Bertz CT molecular complexity index is 1130. The van der Waals surface area contributed by atoms with Crippen molar-refractivity contribution in [3.05, 3.63) is 62.9 Å². The smallest absolute Gasteiger partial charge is 0.355 e. The van der Waals surface area contributed by atoms with Gasteiger partial charge in [-0.15, -0.1) is 16.9 Å². The molecule has 32 heavy (non-hydrogen) atoms. The van der Waals surface area contributed by atoms with Crippen LogP contribution in [0.15, 0.2) is 41.6 Å². The fraction of sp³-hybridized carbons (Fsp3) is 0.316. The number of amides is 1. The number of esters is 2. The number of benzene rings is 1. The topological polar surface area (TPSA) is 147 Å². The lowest BCUT2D eigenvalue weighted by Crippen LogP contribution is -2.59. The molecule has 4 rings (SSSR count). The average molecular weight is 459 g/mol. The van der Waals surface area contributed by atoms with Gasteiger partial charge >= 0.3 is 11.9 Å². The van der Waals surface area contributed by atoms with Crippen molar-refractivity contribution in [2.45, 2.75) is 25.0 Å². The predicted molar refractivity (Wildman–Crippen MR) is 108 cm³/mol. The number of non-ortho nitro benzene ring substituents is 1. The normalized spacial score (nSPS) is 20.1. The van der Waals surface area contributed by atoms with Crippen LogP contribution >= 0.6 is 11.8 Å². The van der Waals surface area contributed by atoms with E-state index in [0.717, 1.165) is 0 Å². The molecule has 1 saturated heterocycles. The van der Waals surface area contributed by atoms with Crippen LogP contribution in [0, 0.1) is 16.0 Å². The van der Waals surface area contributed by atoms with Gasteiger partial charge in [-0.25, -0.2) is 4.79 Å². The van der Waals surface area contributed by atoms with Gasteiger partial charge in [0.25, 0.3) is 5.69 Å². The molecule has 0 bridgehead atoms. The van der Waals surface area contributed by atoms with E-state index < -0.39 is 40.2 Å². The number of carbonyl (C=O) groups is 3. The summed E-state index contributed by atoms with van der Waals surface area (Å²) >= 11 is 1.25. The van der Waals surface area contributed by atoms with Crippen LogP contribution in [0.3, 0.4) is 0 Å². The lowest BCUT2D eigenvalue weighted by molar-refractivity contribution is -0.384. The van der Waals surface area contributed by atoms with Gasteiger partial charge in [0, 0.05) is 31.5 Å². The molecule has 0 N–H and O–H groups in total. The molecule has 1 fully saturated rings. The summed E-state index contributed by atoms with van der Waals surface area (Å²) < 4.78 is 12.1. The number of β-lactam (4-membered cyclic amide) rings is 1. The summed E-state index contributed by atoms with van der Waals surface area (Å²) in [5.41, 5.74) is 0.928. The van der Waals surface area contributed by atoms with Crippen molar-refractivity contribution in [1.29, 1.82) is 0 Å². The maximum Gasteiger partial charge on any atom is 0.355 e. The molecule has 2 aromatic rings. The van der Waals surface area contributed by atoms with Crippen molar-refractivity contribution in [2.75, 3.05) is 0 Å². The van der Waals surface area contributed by atoms with E-state index in [2.05, 4.69) is 10.3 Å². The van der Waals surface area contributed by atoms with E-state index in [1.165, 1.54) is 57.9 Å². The molecular formula is C19H17N5O7S. The molecule has 1 aromatic heterocycles. The number of aryl methyl sites for hydroxylation is 1. The Labute approximate surface area is 185 Å². The minimum Gasteiger partial charge on any atom is -0.456 e. The second-order valence-electron chi connectivity index (χ2n) is 7.11. The zero-order valence-electron chi connectivity index (χ0n) is 16.9. The summed E-state index contributed by atoms with van der Waals surface area (Å²) in [7, 11) is 1.65. The number of hydrogen-bond acceptors (Lipinski definition) is 10. The monoisotopic (exact) mass is 459 g/mol. The summed E-state index contributed by atoms with van der Waals surface area (Å²) in [5, 5.41) is 19.6. The molecule has 0 radical (unpaired) electrons. The quantitative estimate of drug-likeness (QED) is 0.258. The number of fused-ring (bicyclic) bond motifs is 1. The van der Waals surface area contributed by atoms with E-state index >= 15 is 0 Å². The first kappa shape index (κ1) is 21.5. The number of thioether (sulfide) groups is 1. The van der Waals surface area contributed by atoms with Crippen LogP contribution in [0.4, 0.5) is 5.69 Å². The molecule has 0 spiro atoms. The fourth-order valence-corrected chi connectivity index (χ4v) is 4.68. The molecular weight excluding hydrogens is 442 g/mol. The van der Waals surface area contributed by atoms with E-state index in [1.54, 1.807) is 13.2 Å². The molecule has 13 heteroatoms. The first-order valence-electron chi connectivity index (χ1n) is 9.39. The Balaban J connectivity index is 1.41. The Morgan fingerprint density at radius 1 is 1.31 bits per heavy atom. The minimum absolute atomic E-state index is 0.0690. The number of nitrogens with zero attached hydrogens (tertiary/aromatic N) is 5. The van der Waals surface area contributed by atoms with E-state index in [-0.39, 0.29) is 18.0 Å². The van der Waals surface area contributed by atoms with Crippen molar-refractivity contribution in [1.82, 2.24) is 19.9 Å². The second kappa shape index (κ2) is 8.42. The van der Waals surface area contributed by atoms with Crippen LogP contribution < -0.4 is 0 Å². The molecule has 166 valence electrons. The summed E-state index contributed by atoms with van der Waals surface area (Å²) in [5.74, 6) is -2.38. The molecule has 3 atom stereocenters. The van der Waals surface area contributed by atoms with E-state index in [4.69, 9.17) is 9.47 Å². The Kier molecular flexibility index (Phi) is 5.65. The Hall–Kier alpha value is -3.74. The first-order chi connectivity index (χ1) is 15.3. The van der Waals surface area contributed by atoms with Gasteiger partial charge in [-0.1, -0.05) is 5.21 Å². The summed E-state index contributed by atoms with van der Waals surface area (Å²) in [6.07, 6.45) is 0.641. The first-order valence-corrected chi connectivity index (χ1v) is 10.3. The van der Waals surface area contributed by atoms with E-state index in [1.807, 2.05) is 0 Å². The number of aromatic nitrogens is 3. The van der Waals surface area contributed by atoms with Gasteiger partial charge in [-0.3, -0.25) is 29.3 Å². The molecule has 1 amide bonds. The van der Waals surface area contributed by atoms with Crippen molar-refractivity contribution in [3.63, 3.8) is 0 Å². The van der Waals surface area contributed by atoms with Gasteiger partial charge in [0.15, 0.2) is 6.10 Å². The predicted octanol–water partition coefficient (Wildman–Crippen LogP) is 1.44. The summed E-state index contributed by atoms with van der Waals surface area (Å²) in [6.45, 7) is 1.13. The highest BCUT2D eigenvalue weighted by Crippen LogP contribution is 2.50. The van der Waals surface area contributed by atoms with E-state index in [9.17, 15) is 24.5 Å². The standard InChI is InChI=1S/C19H17N5O7S/c1-10(25)31-16(13-7-22(2)21-20-13)15-17(26)23-14(9-32-18(15)23)19(27)30-8-11-3-5-12(6-4-11)24(28)29/h3-7,9,15-16,18H,8H2,1-2H3/t15-,16?,18+/m0/s1. The zero-order valence-corrected chi connectivity index (χ0v) is 17.7. The van der Waals surface area contributed by atoms with Gasteiger partial charge in [0.05, 0.1) is 11.1 Å². The number of rotatable bonds is 7. The summed E-state index contributed by atoms with van der Waals surface area (Å²) in [6, 6.07) is 5.60.